The fourth-order valence-corrected chi connectivity index (χ4v) is 2.03. The van der Waals surface area contributed by atoms with Crippen molar-refractivity contribution in [2.45, 2.75) is 26.6 Å². The summed E-state index contributed by atoms with van der Waals surface area (Å²) in [4.78, 5) is 0. The van der Waals surface area contributed by atoms with Gasteiger partial charge in [-0.15, -0.1) is 12.4 Å². The number of aromatic nitrogens is 2. The van der Waals surface area contributed by atoms with E-state index in [9.17, 15) is 13.2 Å². The second-order valence-corrected chi connectivity index (χ2v) is 4.57. The van der Waals surface area contributed by atoms with Crippen LogP contribution in [0.3, 0.4) is 0 Å². The molecule has 0 amide bonds. The van der Waals surface area contributed by atoms with Gasteiger partial charge in [-0.3, -0.25) is 0 Å². The fourth-order valence-electron chi connectivity index (χ4n) is 2.03. The van der Waals surface area contributed by atoms with Gasteiger partial charge in [-0.05, 0) is 37.6 Å². The minimum atomic E-state index is -4.50. The zero-order chi connectivity index (χ0) is 15.6. The quantitative estimate of drug-likeness (QED) is 0.930. The van der Waals surface area contributed by atoms with Gasteiger partial charge >= 0.3 is 6.18 Å². The highest BCUT2D eigenvalue weighted by atomic mass is 35.5. The number of nitrogens with zero attached hydrogens (tertiary/aromatic N) is 2. The molecule has 0 radical (unpaired) electrons. The van der Waals surface area contributed by atoms with Crippen molar-refractivity contribution in [3.8, 4) is 11.4 Å². The summed E-state index contributed by atoms with van der Waals surface area (Å²) in [5, 5.41) is 3.62. The third-order valence-corrected chi connectivity index (χ3v) is 2.87. The van der Waals surface area contributed by atoms with E-state index < -0.39 is 11.9 Å². The highest BCUT2D eigenvalue weighted by Crippen LogP contribution is 2.30. The van der Waals surface area contributed by atoms with Crippen LogP contribution in [0.2, 0.25) is 0 Å². The number of rotatable bonds is 4. The van der Waals surface area contributed by atoms with Gasteiger partial charge in [0.1, 0.15) is 5.75 Å². The molecule has 0 unspecified atom stereocenters. The van der Waals surface area contributed by atoms with Gasteiger partial charge in [0.15, 0.2) is 5.69 Å². The van der Waals surface area contributed by atoms with E-state index in [-0.39, 0.29) is 24.6 Å². The van der Waals surface area contributed by atoms with Gasteiger partial charge in [-0.1, -0.05) is 0 Å². The third kappa shape index (κ3) is 3.92. The second kappa shape index (κ2) is 7.02. The molecule has 0 bridgehead atoms. The lowest BCUT2D eigenvalue weighted by Crippen LogP contribution is -2.09. The summed E-state index contributed by atoms with van der Waals surface area (Å²) in [5.74, 6) is 0.583. The maximum Gasteiger partial charge on any atom is 0.435 e. The van der Waals surface area contributed by atoms with Gasteiger partial charge in [0.25, 0.3) is 0 Å². The Bertz CT molecular complexity index is 641. The Labute approximate surface area is 132 Å². The van der Waals surface area contributed by atoms with E-state index in [2.05, 4.69) is 5.10 Å². The van der Waals surface area contributed by atoms with E-state index in [0.29, 0.717) is 18.0 Å². The van der Waals surface area contributed by atoms with Crippen molar-refractivity contribution < 1.29 is 17.9 Å². The van der Waals surface area contributed by atoms with Crippen LogP contribution in [0.1, 0.15) is 23.9 Å². The molecule has 1 heterocycles. The van der Waals surface area contributed by atoms with Crippen LogP contribution in [-0.2, 0) is 12.7 Å². The Kier molecular flexibility index (Phi) is 5.85. The Morgan fingerprint density at radius 1 is 1.23 bits per heavy atom. The minimum Gasteiger partial charge on any atom is -0.494 e. The van der Waals surface area contributed by atoms with Gasteiger partial charge < -0.3 is 10.5 Å². The largest absolute Gasteiger partial charge is 0.494 e. The Morgan fingerprint density at radius 3 is 2.45 bits per heavy atom. The molecular formula is C14H17ClF3N3O. The SMILES string of the molecule is CCOc1cc(C)cc(-n2nc(C(F)(F)F)cc2CN)c1.Cl. The van der Waals surface area contributed by atoms with Crippen molar-refractivity contribution in [1.82, 2.24) is 9.78 Å². The van der Waals surface area contributed by atoms with E-state index in [1.807, 2.05) is 19.9 Å². The van der Waals surface area contributed by atoms with Gasteiger partial charge in [0, 0.05) is 12.6 Å². The van der Waals surface area contributed by atoms with Gasteiger partial charge in [0.05, 0.1) is 18.0 Å². The zero-order valence-electron chi connectivity index (χ0n) is 12.1. The number of hydrogen-bond acceptors (Lipinski definition) is 3. The lowest BCUT2D eigenvalue weighted by Gasteiger charge is -2.10. The first-order valence-electron chi connectivity index (χ1n) is 6.46. The first-order valence-corrected chi connectivity index (χ1v) is 6.46. The molecule has 2 rings (SSSR count). The molecule has 4 nitrogen and oxygen atoms in total. The molecule has 2 N–H and O–H groups in total. The lowest BCUT2D eigenvalue weighted by molar-refractivity contribution is -0.141. The number of halogens is 4. The summed E-state index contributed by atoms with van der Waals surface area (Å²) in [6, 6.07) is 6.14. The molecule has 8 heteroatoms. The molecule has 0 atom stereocenters. The van der Waals surface area contributed by atoms with Crippen LogP contribution in [0.4, 0.5) is 13.2 Å². The molecule has 0 aliphatic carbocycles. The number of ether oxygens (including phenoxy) is 1. The summed E-state index contributed by atoms with van der Waals surface area (Å²) in [6.07, 6.45) is -4.50. The van der Waals surface area contributed by atoms with Crippen LogP contribution >= 0.6 is 12.4 Å². The summed E-state index contributed by atoms with van der Waals surface area (Å²) < 4.78 is 44.9. The smallest absolute Gasteiger partial charge is 0.435 e. The average molecular weight is 336 g/mol. The number of alkyl halides is 3. The van der Waals surface area contributed by atoms with Crippen LogP contribution in [0.15, 0.2) is 24.3 Å². The highest BCUT2D eigenvalue weighted by molar-refractivity contribution is 5.85. The van der Waals surface area contributed by atoms with Crippen LogP contribution in [0.5, 0.6) is 5.75 Å². The summed E-state index contributed by atoms with van der Waals surface area (Å²) >= 11 is 0. The molecule has 22 heavy (non-hydrogen) atoms. The molecule has 1 aromatic heterocycles. The van der Waals surface area contributed by atoms with E-state index in [0.717, 1.165) is 11.6 Å². The van der Waals surface area contributed by atoms with Gasteiger partial charge in [-0.25, -0.2) is 4.68 Å². The van der Waals surface area contributed by atoms with E-state index in [1.165, 1.54) is 4.68 Å². The highest BCUT2D eigenvalue weighted by Gasteiger charge is 2.34. The summed E-state index contributed by atoms with van der Waals surface area (Å²) in [6.45, 7) is 4.10. The molecule has 2 aromatic rings. The topological polar surface area (TPSA) is 53.1 Å². The van der Waals surface area contributed by atoms with Crippen LogP contribution in [0.25, 0.3) is 5.69 Å². The molecule has 122 valence electrons. The predicted molar refractivity (Wildman–Crippen MR) is 79.6 cm³/mol. The molecule has 1 aromatic carbocycles. The maximum atomic E-state index is 12.8. The van der Waals surface area contributed by atoms with Crippen LogP contribution in [-0.4, -0.2) is 16.4 Å². The van der Waals surface area contributed by atoms with Crippen LogP contribution < -0.4 is 10.5 Å². The standard InChI is InChI=1S/C14H16F3N3O.ClH/c1-3-21-12-5-9(2)4-10(6-12)20-11(8-18)7-13(19-20)14(15,16)17;/h4-7H,3,8,18H2,1-2H3;1H. The normalized spacial score (nSPS) is 11.2. The molecule has 0 aliphatic rings. The Hall–Kier alpha value is -1.73. The summed E-state index contributed by atoms with van der Waals surface area (Å²) in [5.41, 5.74) is 6.21. The third-order valence-electron chi connectivity index (χ3n) is 2.87. The summed E-state index contributed by atoms with van der Waals surface area (Å²) in [7, 11) is 0. The fraction of sp³-hybridized carbons (Fsp3) is 0.357. The van der Waals surface area contributed by atoms with E-state index >= 15 is 0 Å². The molecule has 0 spiro atoms. The monoisotopic (exact) mass is 335 g/mol. The van der Waals surface area contributed by atoms with Crippen molar-refractivity contribution in [2.24, 2.45) is 5.73 Å². The van der Waals surface area contributed by atoms with Crippen LogP contribution in [0, 0.1) is 6.92 Å². The Balaban J connectivity index is 0.00000242. The first-order chi connectivity index (χ1) is 9.85. The van der Waals surface area contributed by atoms with Crippen molar-refractivity contribution in [1.29, 1.82) is 0 Å². The number of benzene rings is 1. The Morgan fingerprint density at radius 2 is 1.91 bits per heavy atom. The maximum absolute atomic E-state index is 12.8. The number of aryl methyl sites for hydroxylation is 1. The van der Waals surface area contributed by atoms with Crippen molar-refractivity contribution in [3.63, 3.8) is 0 Å². The van der Waals surface area contributed by atoms with Crippen molar-refractivity contribution in [2.75, 3.05) is 6.61 Å². The predicted octanol–water partition coefficient (Wildman–Crippen LogP) is 3.48. The molecule has 0 fully saturated rings. The molecular weight excluding hydrogens is 319 g/mol. The molecule has 0 saturated carbocycles. The first kappa shape index (κ1) is 18.3. The minimum absolute atomic E-state index is 0. The van der Waals surface area contributed by atoms with Gasteiger partial charge in [-0.2, -0.15) is 18.3 Å². The van der Waals surface area contributed by atoms with E-state index in [4.69, 9.17) is 10.5 Å². The van der Waals surface area contributed by atoms with E-state index in [1.54, 1.807) is 12.1 Å². The van der Waals surface area contributed by atoms with Crippen molar-refractivity contribution >= 4 is 12.4 Å². The molecule has 0 saturated heterocycles. The van der Waals surface area contributed by atoms with Crippen molar-refractivity contribution in [3.05, 3.63) is 41.2 Å². The second-order valence-electron chi connectivity index (χ2n) is 4.57. The lowest BCUT2D eigenvalue weighted by atomic mass is 10.2. The average Bonchev–Trinajstić information content (AvgIpc) is 2.82. The number of nitrogens with two attached hydrogens (primary N) is 1. The zero-order valence-corrected chi connectivity index (χ0v) is 13.0. The molecule has 0 aliphatic heterocycles. The van der Waals surface area contributed by atoms with Gasteiger partial charge in [0.2, 0.25) is 0 Å². The number of hydrogen-bond donors (Lipinski definition) is 1.